The minimum atomic E-state index is -0.538. The molecule has 1 unspecified atom stereocenters. The van der Waals surface area contributed by atoms with Gasteiger partial charge in [-0.1, -0.05) is 41.6 Å². The van der Waals surface area contributed by atoms with Gasteiger partial charge in [-0.05, 0) is 20.1 Å². The van der Waals surface area contributed by atoms with E-state index in [-0.39, 0.29) is 11.9 Å². The molecule has 9 heteroatoms. The molecule has 1 aromatic carbocycles. The maximum atomic E-state index is 12.5. The van der Waals surface area contributed by atoms with E-state index in [1.807, 2.05) is 42.8 Å². The lowest BCUT2D eigenvalue weighted by molar-refractivity contribution is -0.118. The molecule has 0 spiro atoms. The Labute approximate surface area is 153 Å². The van der Waals surface area contributed by atoms with Crippen LogP contribution in [0.2, 0.25) is 0 Å². The number of nitrogens with two attached hydrogens (primary N) is 1. The van der Waals surface area contributed by atoms with Crippen LogP contribution >= 0.6 is 23.1 Å². The van der Waals surface area contributed by atoms with E-state index in [1.54, 1.807) is 11.5 Å². The van der Waals surface area contributed by atoms with Crippen LogP contribution in [-0.4, -0.2) is 31.9 Å². The van der Waals surface area contributed by atoms with E-state index in [1.165, 1.54) is 28.7 Å². The maximum absolute atomic E-state index is 12.5. The number of thiazole rings is 1. The molecular weight excluding hydrogens is 356 g/mol. The van der Waals surface area contributed by atoms with Crippen molar-refractivity contribution in [3.05, 3.63) is 35.2 Å². The molecule has 0 saturated carbocycles. The van der Waals surface area contributed by atoms with Crippen LogP contribution in [-0.2, 0) is 4.79 Å². The van der Waals surface area contributed by atoms with Crippen LogP contribution in [0.3, 0.4) is 0 Å². The predicted molar refractivity (Wildman–Crippen MR) is 102 cm³/mol. The number of aryl methyl sites for hydroxylation is 1. The minimum absolute atomic E-state index is 0.214. The molecule has 0 aliphatic rings. The number of hydrogen-bond acceptors (Lipinski definition) is 7. The second-order valence-electron chi connectivity index (χ2n) is 5.48. The fourth-order valence-corrected chi connectivity index (χ4v) is 3.60. The average molecular weight is 374 g/mol. The molecule has 3 N–H and O–H groups in total. The van der Waals surface area contributed by atoms with Crippen LogP contribution in [0.25, 0.3) is 11.3 Å². The number of amides is 1. The Kier molecular flexibility index (Phi) is 5.05. The molecule has 0 saturated heterocycles. The number of hydrogen-bond donors (Lipinski definition) is 2. The molecule has 0 aliphatic heterocycles. The van der Waals surface area contributed by atoms with Gasteiger partial charge >= 0.3 is 0 Å². The van der Waals surface area contributed by atoms with Crippen molar-refractivity contribution in [2.24, 2.45) is 0 Å². The molecule has 130 valence electrons. The zero-order valence-corrected chi connectivity index (χ0v) is 15.7. The zero-order valence-electron chi connectivity index (χ0n) is 14.1. The Balaban J connectivity index is 1.75. The number of nitrogen functional groups attached to an aromatic ring is 1. The summed E-state index contributed by atoms with van der Waals surface area (Å²) in [5.41, 5.74) is 8.87. The molecule has 3 rings (SSSR count). The fourth-order valence-electron chi connectivity index (χ4n) is 2.31. The van der Waals surface area contributed by atoms with E-state index in [0.717, 1.165) is 11.3 Å². The molecule has 0 aliphatic carbocycles. The summed E-state index contributed by atoms with van der Waals surface area (Å²) in [6.45, 7) is 3.79. The van der Waals surface area contributed by atoms with Gasteiger partial charge in [0.15, 0.2) is 10.3 Å². The Bertz CT molecular complexity index is 886. The normalized spacial score (nSPS) is 12.1. The topological polar surface area (TPSA) is 98.7 Å². The summed E-state index contributed by atoms with van der Waals surface area (Å²) < 4.78 is 1.61. The Morgan fingerprint density at radius 3 is 2.72 bits per heavy atom. The van der Waals surface area contributed by atoms with Crippen molar-refractivity contribution < 1.29 is 4.79 Å². The summed E-state index contributed by atoms with van der Waals surface area (Å²) in [6, 6.07) is 7.56. The van der Waals surface area contributed by atoms with Gasteiger partial charge in [-0.3, -0.25) is 9.36 Å². The van der Waals surface area contributed by atoms with Crippen molar-refractivity contribution in [2.45, 2.75) is 25.0 Å². The van der Waals surface area contributed by atoms with E-state index < -0.39 is 6.04 Å². The highest BCUT2D eigenvalue weighted by atomic mass is 32.2. The van der Waals surface area contributed by atoms with E-state index in [0.29, 0.717) is 10.3 Å². The van der Waals surface area contributed by atoms with Crippen LogP contribution in [0.1, 0.15) is 18.5 Å². The van der Waals surface area contributed by atoms with Gasteiger partial charge < -0.3 is 11.1 Å². The molecule has 2 heterocycles. The van der Waals surface area contributed by atoms with E-state index in [2.05, 4.69) is 20.5 Å². The molecule has 1 amide bonds. The molecular formula is C16H18N6OS2. The van der Waals surface area contributed by atoms with Crippen molar-refractivity contribution in [1.82, 2.24) is 19.7 Å². The van der Waals surface area contributed by atoms with Gasteiger partial charge in [0.25, 0.3) is 0 Å². The number of benzene rings is 1. The first-order chi connectivity index (χ1) is 12.0. The highest BCUT2D eigenvalue weighted by Gasteiger charge is 2.22. The van der Waals surface area contributed by atoms with Crippen LogP contribution in [0.5, 0.6) is 0 Å². The average Bonchev–Trinajstić information content (AvgIpc) is 3.21. The second-order valence-corrected chi connectivity index (χ2v) is 7.12. The fraction of sp³-hybridized carbons (Fsp3) is 0.250. The number of anilines is 2. The predicted octanol–water partition coefficient (Wildman–Crippen LogP) is 3.21. The number of nitrogens with one attached hydrogen (secondary N) is 1. The lowest BCUT2D eigenvalue weighted by Gasteiger charge is -2.14. The van der Waals surface area contributed by atoms with Gasteiger partial charge in [0.2, 0.25) is 11.9 Å². The summed E-state index contributed by atoms with van der Waals surface area (Å²) >= 11 is 2.77. The first-order valence-corrected chi connectivity index (χ1v) is 9.68. The van der Waals surface area contributed by atoms with Gasteiger partial charge in [0, 0.05) is 10.9 Å². The highest BCUT2D eigenvalue weighted by molar-refractivity contribution is 7.98. The number of thioether (sulfide) groups is 1. The standard InChI is InChI=1S/C16H18N6OS2/c1-9-4-6-11(7-5-9)12-8-25-15(18-12)19-13(23)10(2)22-14(17)20-21-16(22)24-3/h4-8,10H,1-3H3,(H2,17,20)(H,18,19,23). The van der Waals surface area contributed by atoms with Crippen LogP contribution in [0, 0.1) is 6.92 Å². The third-order valence-corrected chi connectivity index (χ3v) is 5.12. The maximum Gasteiger partial charge on any atom is 0.249 e. The van der Waals surface area contributed by atoms with Gasteiger partial charge in [-0.15, -0.1) is 21.5 Å². The number of carbonyl (C=O) groups is 1. The highest BCUT2D eigenvalue weighted by Crippen LogP contribution is 2.27. The van der Waals surface area contributed by atoms with Crippen LogP contribution in [0.15, 0.2) is 34.8 Å². The monoisotopic (exact) mass is 374 g/mol. The summed E-state index contributed by atoms with van der Waals surface area (Å²) in [4.78, 5) is 17.0. The van der Waals surface area contributed by atoms with Gasteiger partial charge in [-0.2, -0.15) is 0 Å². The van der Waals surface area contributed by atoms with Crippen molar-refractivity contribution in [3.8, 4) is 11.3 Å². The summed E-state index contributed by atoms with van der Waals surface area (Å²) in [5, 5.41) is 13.7. The lowest BCUT2D eigenvalue weighted by atomic mass is 10.1. The number of nitrogens with zero attached hydrogens (tertiary/aromatic N) is 4. The van der Waals surface area contributed by atoms with Crippen molar-refractivity contribution >= 4 is 40.1 Å². The first kappa shape index (κ1) is 17.4. The Hall–Kier alpha value is -2.39. The smallest absolute Gasteiger partial charge is 0.249 e. The molecule has 2 aromatic heterocycles. The largest absolute Gasteiger partial charge is 0.368 e. The SMILES string of the molecule is CSc1nnc(N)n1C(C)C(=O)Nc1nc(-c2ccc(C)cc2)cs1. The van der Waals surface area contributed by atoms with Gasteiger partial charge in [-0.25, -0.2) is 4.98 Å². The number of rotatable bonds is 5. The van der Waals surface area contributed by atoms with Crippen molar-refractivity contribution in [2.75, 3.05) is 17.3 Å². The first-order valence-electron chi connectivity index (χ1n) is 7.57. The molecule has 0 fully saturated rings. The lowest BCUT2D eigenvalue weighted by Crippen LogP contribution is -2.25. The zero-order chi connectivity index (χ0) is 18.0. The van der Waals surface area contributed by atoms with Gasteiger partial charge in [0.05, 0.1) is 5.69 Å². The van der Waals surface area contributed by atoms with E-state index in [4.69, 9.17) is 5.73 Å². The van der Waals surface area contributed by atoms with E-state index >= 15 is 0 Å². The van der Waals surface area contributed by atoms with E-state index in [9.17, 15) is 4.79 Å². The van der Waals surface area contributed by atoms with Gasteiger partial charge in [0.1, 0.15) is 6.04 Å². The van der Waals surface area contributed by atoms with Crippen LogP contribution in [0.4, 0.5) is 11.1 Å². The molecule has 7 nitrogen and oxygen atoms in total. The second kappa shape index (κ2) is 7.24. The molecule has 25 heavy (non-hydrogen) atoms. The molecule has 0 radical (unpaired) electrons. The Morgan fingerprint density at radius 1 is 1.32 bits per heavy atom. The third kappa shape index (κ3) is 3.67. The van der Waals surface area contributed by atoms with Crippen molar-refractivity contribution in [1.29, 1.82) is 0 Å². The van der Waals surface area contributed by atoms with Crippen molar-refractivity contribution in [3.63, 3.8) is 0 Å². The molecule has 0 bridgehead atoms. The number of aromatic nitrogens is 4. The minimum Gasteiger partial charge on any atom is -0.368 e. The molecule has 1 atom stereocenters. The summed E-state index contributed by atoms with van der Waals surface area (Å²) in [7, 11) is 0. The summed E-state index contributed by atoms with van der Waals surface area (Å²) in [5.74, 6) is -0.00177. The number of carbonyl (C=O) groups excluding carboxylic acids is 1. The Morgan fingerprint density at radius 2 is 2.04 bits per heavy atom. The molecule has 3 aromatic rings. The summed E-state index contributed by atoms with van der Waals surface area (Å²) in [6.07, 6.45) is 1.86. The third-order valence-electron chi connectivity index (χ3n) is 3.72. The van der Waals surface area contributed by atoms with Crippen LogP contribution < -0.4 is 11.1 Å². The quantitative estimate of drug-likeness (QED) is 0.665.